The molecule has 182 valence electrons. The van der Waals surface area contributed by atoms with Crippen LogP contribution in [-0.2, 0) is 31.6 Å². The highest BCUT2D eigenvalue weighted by Crippen LogP contribution is 2.66. The second kappa shape index (κ2) is 9.52. The first-order valence-electron chi connectivity index (χ1n) is 8.33. The number of nitrogens with two attached hydrogens (primary N) is 1. The van der Waals surface area contributed by atoms with E-state index in [-0.39, 0.29) is 28.7 Å². The monoisotopic (exact) mass is 550 g/mol. The van der Waals surface area contributed by atoms with E-state index in [2.05, 4.69) is 38.1 Å². The van der Waals surface area contributed by atoms with Gasteiger partial charge >= 0.3 is 23.5 Å². The minimum atomic E-state index is -5.69. The Bertz CT molecular complexity index is 1250. The number of hydrogen-bond acceptors (Lipinski definition) is 12. The van der Waals surface area contributed by atoms with Gasteiger partial charge in [-0.05, 0) is 17.1 Å². The molecule has 2 unspecified atom stereocenters. The number of ether oxygens (including phenoxy) is 1. The van der Waals surface area contributed by atoms with E-state index in [9.17, 15) is 23.5 Å². The minimum absolute atomic E-state index is 0.00227. The molecule has 19 nitrogen and oxygen atoms in total. The van der Waals surface area contributed by atoms with Crippen LogP contribution in [0.2, 0.25) is 5.28 Å². The number of nitrogens with zero attached hydrogens (tertiary/aromatic N) is 7. The van der Waals surface area contributed by atoms with Crippen molar-refractivity contribution in [1.29, 1.82) is 0 Å². The normalized spacial score (nSPS) is 24.8. The van der Waals surface area contributed by atoms with E-state index in [0.717, 1.165) is 0 Å². The fraction of sp³-hybridized carbons (Fsp3) is 0.500. The predicted molar refractivity (Wildman–Crippen MR) is 106 cm³/mol. The lowest BCUT2D eigenvalue weighted by molar-refractivity contribution is -0.0230. The van der Waals surface area contributed by atoms with Crippen LogP contribution in [0.3, 0.4) is 0 Å². The lowest BCUT2D eigenvalue weighted by Gasteiger charge is -2.19. The van der Waals surface area contributed by atoms with Crippen molar-refractivity contribution < 1.29 is 51.2 Å². The van der Waals surface area contributed by atoms with Crippen LogP contribution in [0.4, 0.5) is 5.82 Å². The number of hydrogen-bond donors (Lipinski definition) is 5. The van der Waals surface area contributed by atoms with Crippen LogP contribution in [0.5, 0.6) is 0 Å². The van der Waals surface area contributed by atoms with Gasteiger partial charge in [0.05, 0.1) is 25.1 Å². The molecule has 0 aromatic carbocycles. The van der Waals surface area contributed by atoms with Gasteiger partial charge in [0.2, 0.25) is 5.28 Å². The lowest BCUT2D eigenvalue weighted by Crippen LogP contribution is -2.24. The third-order valence-electron chi connectivity index (χ3n) is 3.95. The van der Waals surface area contributed by atoms with Crippen LogP contribution in [0.15, 0.2) is 11.4 Å². The Labute approximate surface area is 187 Å². The van der Waals surface area contributed by atoms with Crippen molar-refractivity contribution in [2.24, 2.45) is 5.11 Å². The summed E-state index contributed by atoms with van der Waals surface area (Å²) in [5.74, 6) is -0.00227. The minimum Gasteiger partial charge on any atom is -0.382 e. The van der Waals surface area contributed by atoms with Gasteiger partial charge in [-0.2, -0.15) is 18.6 Å². The number of halogens is 1. The summed E-state index contributed by atoms with van der Waals surface area (Å²) in [7, 11) is -16.6. The van der Waals surface area contributed by atoms with Crippen LogP contribution in [0, 0.1) is 0 Å². The average Bonchev–Trinajstić information content (AvgIpc) is 3.21. The van der Waals surface area contributed by atoms with Crippen molar-refractivity contribution in [3.63, 3.8) is 0 Å². The first kappa shape index (κ1) is 25.9. The molecule has 23 heteroatoms. The average molecular weight is 551 g/mol. The summed E-state index contributed by atoms with van der Waals surface area (Å²) in [6, 6.07) is -0.959. The molecule has 1 aliphatic rings. The molecule has 0 amide bonds. The molecular formula is C10H14ClN8O11P3. The summed E-state index contributed by atoms with van der Waals surface area (Å²) in [6.07, 6.45) is -0.746. The Morgan fingerprint density at radius 2 is 1.97 bits per heavy atom. The maximum absolute atomic E-state index is 11.9. The van der Waals surface area contributed by atoms with Crippen LogP contribution in [-0.4, -0.2) is 57.8 Å². The van der Waals surface area contributed by atoms with E-state index in [1.807, 2.05) is 0 Å². The molecule has 1 fully saturated rings. The van der Waals surface area contributed by atoms with E-state index in [1.165, 1.54) is 10.9 Å². The Kier molecular flexibility index (Phi) is 7.48. The number of azide groups is 1. The second-order valence-electron chi connectivity index (χ2n) is 6.23. The van der Waals surface area contributed by atoms with Gasteiger partial charge in [0.25, 0.3) is 0 Å². The molecule has 0 aliphatic carbocycles. The van der Waals surface area contributed by atoms with Gasteiger partial charge < -0.3 is 30.0 Å². The van der Waals surface area contributed by atoms with Crippen LogP contribution in [0.1, 0.15) is 12.6 Å². The van der Waals surface area contributed by atoms with Crippen LogP contribution >= 0.6 is 35.1 Å². The number of phosphoric ester groups is 1. The fourth-order valence-electron chi connectivity index (χ4n) is 2.82. The number of aromatic nitrogens is 4. The Morgan fingerprint density at radius 1 is 1.27 bits per heavy atom. The predicted octanol–water partition coefficient (Wildman–Crippen LogP) is 1.37. The largest absolute Gasteiger partial charge is 0.490 e. The van der Waals surface area contributed by atoms with Crippen LogP contribution < -0.4 is 5.73 Å². The first-order valence-corrected chi connectivity index (χ1v) is 13.2. The lowest BCUT2D eigenvalue weighted by atomic mass is 10.1. The summed E-state index contributed by atoms with van der Waals surface area (Å²) in [5, 5.41) is 3.35. The molecule has 5 atom stereocenters. The highest BCUT2D eigenvalue weighted by molar-refractivity contribution is 7.66. The summed E-state index contributed by atoms with van der Waals surface area (Å²) >= 11 is 5.81. The molecule has 1 aliphatic heterocycles. The molecule has 3 heterocycles. The van der Waals surface area contributed by atoms with Gasteiger partial charge in [-0.3, -0.25) is 9.09 Å². The maximum Gasteiger partial charge on any atom is 0.490 e. The molecule has 2 aromatic heterocycles. The zero-order valence-electron chi connectivity index (χ0n) is 15.8. The third-order valence-corrected chi connectivity index (χ3v) is 7.92. The standard InChI is InChI=1S/C10H14ClN8O11P3/c11-10-15-8(12)7-9(16-10)19(3-14-7)6-1-4(17-18-13)5(28-6)2-27-32(23,24)30-33(25,26)29-31(20,21)22/h3-6H,1-2H2,(H,23,24)(H,25,26)(H2,12,15,16)(H2,20,21,22)/t4-,5+,6+/m0/s1. The van der Waals surface area contributed by atoms with E-state index in [0.29, 0.717) is 0 Å². The fourth-order valence-corrected chi connectivity index (χ4v) is 6.02. The molecule has 0 saturated carbocycles. The topological polar surface area (TPSA) is 287 Å². The first-order chi connectivity index (χ1) is 15.2. The molecule has 2 aromatic rings. The highest BCUT2D eigenvalue weighted by Gasteiger charge is 2.43. The number of fused-ring (bicyclic) bond motifs is 1. The van der Waals surface area contributed by atoms with Crippen molar-refractivity contribution in [3.05, 3.63) is 22.1 Å². The number of nitrogen functional groups attached to an aromatic ring is 1. The van der Waals surface area contributed by atoms with E-state index < -0.39 is 48.4 Å². The van der Waals surface area contributed by atoms with Gasteiger partial charge in [-0.15, -0.1) is 0 Å². The van der Waals surface area contributed by atoms with Gasteiger partial charge in [0.1, 0.15) is 11.7 Å². The zero-order valence-corrected chi connectivity index (χ0v) is 19.2. The Balaban J connectivity index is 1.75. The van der Waals surface area contributed by atoms with Gasteiger partial charge in [0.15, 0.2) is 11.5 Å². The maximum atomic E-state index is 11.9. The van der Waals surface area contributed by atoms with Crippen molar-refractivity contribution in [2.45, 2.75) is 24.8 Å². The summed E-state index contributed by atoms with van der Waals surface area (Å²) in [4.78, 5) is 50.4. The molecule has 0 radical (unpaired) electrons. The van der Waals surface area contributed by atoms with Gasteiger partial charge in [-0.25, -0.2) is 18.7 Å². The molecule has 0 spiro atoms. The highest BCUT2D eigenvalue weighted by atomic mass is 35.5. The van der Waals surface area contributed by atoms with Crippen molar-refractivity contribution in [3.8, 4) is 0 Å². The van der Waals surface area contributed by atoms with Crippen LogP contribution in [0.25, 0.3) is 21.6 Å². The van der Waals surface area contributed by atoms with Crippen molar-refractivity contribution in [1.82, 2.24) is 19.5 Å². The molecule has 0 bridgehead atoms. The van der Waals surface area contributed by atoms with Crippen molar-refractivity contribution >= 4 is 52.1 Å². The zero-order chi connectivity index (χ0) is 24.6. The number of phosphoric acid groups is 3. The Hall–Kier alpha value is -1.68. The third kappa shape index (κ3) is 6.68. The summed E-state index contributed by atoms with van der Waals surface area (Å²) in [6.45, 7) is -0.811. The second-order valence-corrected chi connectivity index (χ2v) is 11.0. The quantitative estimate of drug-likeness (QED) is 0.0967. The molecule has 1 saturated heterocycles. The molecule has 6 N–H and O–H groups in total. The Morgan fingerprint density at radius 3 is 2.61 bits per heavy atom. The van der Waals surface area contributed by atoms with Crippen molar-refractivity contribution in [2.75, 3.05) is 12.3 Å². The summed E-state index contributed by atoms with van der Waals surface area (Å²) in [5.41, 5.74) is 14.9. The SMILES string of the molecule is [N-]=[N+]=N[C@H]1C[C@H](n2cnc3c(N)nc(Cl)nc32)O[C@@H]1COP(=O)(O)OP(=O)(O)OP(=O)(O)O. The van der Waals surface area contributed by atoms with E-state index in [1.54, 1.807) is 0 Å². The van der Waals surface area contributed by atoms with Gasteiger partial charge in [0, 0.05) is 11.3 Å². The smallest absolute Gasteiger partial charge is 0.382 e. The van der Waals surface area contributed by atoms with Gasteiger partial charge in [-0.1, -0.05) is 5.11 Å². The molecular weight excluding hydrogens is 537 g/mol. The molecule has 33 heavy (non-hydrogen) atoms. The van der Waals surface area contributed by atoms with E-state index in [4.69, 9.17) is 37.4 Å². The molecule has 3 rings (SSSR count). The van der Waals surface area contributed by atoms with E-state index >= 15 is 0 Å². The summed E-state index contributed by atoms with van der Waals surface area (Å²) < 4.78 is 52.9. The number of imidazole rings is 1. The number of rotatable bonds is 9. The number of anilines is 1.